The van der Waals surface area contributed by atoms with E-state index in [4.69, 9.17) is 20.4 Å². The number of phenols is 1. The third kappa shape index (κ3) is 3.62. The van der Waals surface area contributed by atoms with Crippen molar-refractivity contribution in [2.24, 2.45) is 14.1 Å². The zero-order valence-corrected chi connectivity index (χ0v) is 21.5. The Balaban J connectivity index is 1.84. The molecule has 0 saturated carbocycles. The zero-order chi connectivity index (χ0) is 27.4. The highest BCUT2D eigenvalue weighted by molar-refractivity contribution is 6.11. The minimum Gasteiger partial charge on any atom is -0.507 e. The number of aromatic nitrogens is 4. The fraction of sp³-hybridized carbons (Fsp3) is 0.133. The van der Waals surface area contributed by atoms with E-state index in [1.807, 2.05) is 54.6 Å². The predicted octanol–water partition coefficient (Wildman–Crippen LogP) is 3.81. The van der Waals surface area contributed by atoms with Crippen molar-refractivity contribution in [3.8, 4) is 11.5 Å². The van der Waals surface area contributed by atoms with Gasteiger partial charge in [-0.1, -0.05) is 48.5 Å². The first-order chi connectivity index (χ1) is 18.8. The van der Waals surface area contributed by atoms with Gasteiger partial charge in [0.15, 0.2) is 0 Å². The molecule has 39 heavy (non-hydrogen) atoms. The number of methoxy groups -OCH3 is 1. The number of benzene rings is 4. The minimum absolute atomic E-state index is 0.00150. The van der Waals surface area contributed by atoms with E-state index in [9.17, 15) is 14.7 Å². The van der Waals surface area contributed by atoms with Crippen LogP contribution < -0.4 is 21.7 Å². The van der Waals surface area contributed by atoms with Gasteiger partial charge in [0.2, 0.25) is 0 Å². The summed E-state index contributed by atoms with van der Waals surface area (Å²) in [6.45, 7) is 0. The van der Waals surface area contributed by atoms with Gasteiger partial charge in [0.05, 0.1) is 34.7 Å². The van der Waals surface area contributed by atoms with E-state index in [0.29, 0.717) is 44.3 Å². The number of nitrogens with zero attached hydrogens (tertiary/aromatic N) is 4. The molecule has 6 aromatic rings. The number of rotatable bonds is 4. The van der Waals surface area contributed by atoms with Gasteiger partial charge in [-0.15, -0.1) is 0 Å². The summed E-state index contributed by atoms with van der Waals surface area (Å²) in [5.41, 5.74) is 8.89. The van der Waals surface area contributed by atoms with E-state index in [0.717, 1.165) is 9.95 Å². The maximum atomic E-state index is 13.7. The Bertz CT molecular complexity index is 2050. The largest absolute Gasteiger partial charge is 0.507 e. The first kappa shape index (κ1) is 24.2. The molecule has 0 aliphatic carbocycles. The van der Waals surface area contributed by atoms with Crippen LogP contribution in [0.1, 0.15) is 22.6 Å². The lowest BCUT2D eigenvalue weighted by Gasteiger charge is -2.24. The molecule has 9 heteroatoms. The van der Waals surface area contributed by atoms with Crippen LogP contribution in [0.5, 0.6) is 11.5 Å². The highest BCUT2D eigenvalue weighted by Crippen LogP contribution is 2.45. The fourth-order valence-electron chi connectivity index (χ4n) is 5.23. The Labute approximate surface area is 222 Å². The van der Waals surface area contributed by atoms with E-state index in [1.54, 1.807) is 25.3 Å². The number of aromatic hydroxyl groups is 1. The molecule has 9 nitrogen and oxygen atoms in total. The lowest BCUT2D eigenvalue weighted by atomic mass is 9.83. The normalized spacial score (nSPS) is 12.3. The van der Waals surface area contributed by atoms with Crippen molar-refractivity contribution in [2.45, 2.75) is 5.92 Å². The Morgan fingerprint density at radius 1 is 0.795 bits per heavy atom. The maximum absolute atomic E-state index is 13.7. The van der Waals surface area contributed by atoms with Crippen molar-refractivity contribution in [2.75, 3.05) is 12.8 Å². The molecule has 3 N–H and O–H groups in total. The van der Waals surface area contributed by atoms with Gasteiger partial charge >= 0.3 is 5.69 Å². The number of para-hydroxylation sites is 2. The summed E-state index contributed by atoms with van der Waals surface area (Å²) in [5, 5.41) is 13.2. The highest BCUT2D eigenvalue weighted by Gasteiger charge is 2.32. The molecule has 0 amide bonds. The predicted molar refractivity (Wildman–Crippen MR) is 151 cm³/mol. The number of anilines is 1. The number of fused-ring (bicyclic) bond motifs is 4. The molecule has 1 unspecified atom stereocenters. The van der Waals surface area contributed by atoms with Crippen LogP contribution in [-0.4, -0.2) is 31.3 Å². The van der Waals surface area contributed by atoms with Crippen molar-refractivity contribution in [1.82, 2.24) is 19.1 Å². The van der Waals surface area contributed by atoms with Gasteiger partial charge < -0.3 is 15.6 Å². The Morgan fingerprint density at radius 2 is 1.38 bits per heavy atom. The molecule has 0 fully saturated rings. The van der Waals surface area contributed by atoms with E-state index in [1.165, 1.54) is 18.7 Å². The first-order valence-electron chi connectivity index (χ1n) is 12.3. The van der Waals surface area contributed by atoms with Crippen LogP contribution in [0.25, 0.3) is 32.8 Å². The molecule has 1 atom stereocenters. The van der Waals surface area contributed by atoms with Crippen LogP contribution in [0.4, 0.5) is 5.82 Å². The summed E-state index contributed by atoms with van der Waals surface area (Å²) < 4.78 is 7.60. The van der Waals surface area contributed by atoms with E-state index < -0.39 is 17.2 Å². The van der Waals surface area contributed by atoms with Crippen LogP contribution in [-0.2, 0) is 14.1 Å². The molecule has 0 spiro atoms. The standard InChI is InChI=1S/C30H25N5O4/c1-34-28(31)24(29(37)35(2)30(34)38)22(16-12-14-17(39-3)15-13-16)23-26-25(18-8-4-5-9-19(18)27(23)36)32-20-10-6-7-11-21(20)33-26/h4-15,22,36H,31H2,1-3H3. The quantitative estimate of drug-likeness (QED) is 0.268. The van der Waals surface area contributed by atoms with E-state index in [2.05, 4.69) is 0 Å². The Morgan fingerprint density at radius 3 is 2.03 bits per heavy atom. The van der Waals surface area contributed by atoms with Crippen LogP contribution in [0.15, 0.2) is 82.4 Å². The number of hydrogen-bond acceptors (Lipinski definition) is 7. The van der Waals surface area contributed by atoms with Crippen molar-refractivity contribution in [3.63, 3.8) is 0 Å². The van der Waals surface area contributed by atoms with Crippen LogP contribution in [0.3, 0.4) is 0 Å². The van der Waals surface area contributed by atoms with E-state index >= 15 is 0 Å². The van der Waals surface area contributed by atoms with Gasteiger partial charge in [0.1, 0.15) is 17.3 Å². The summed E-state index contributed by atoms with van der Waals surface area (Å²) in [4.78, 5) is 36.3. The number of hydrogen-bond donors (Lipinski definition) is 2. The molecule has 0 aliphatic heterocycles. The monoisotopic (exact) mass is 519 g/mol. The van der Waals surface area contributed by atoms with Crippen molar-refractivity contribution < 1.29 is 9.84 Å². The summed E-state index contributed by atoms with van der Waals surface area (Å²) in [6, 6.07) is 22.0. The van der Waals surface area contributed by atoms with Crippen molar-refractivity contribution in [1.29, 1.82) is 0 Å². The molecule has 2 heterocycles. The molecular weight excluding hydrogens is 494 g/mol. The van der Waals surface area contributed by atoms with Crippen LogP contribution in [0, 0.1) is 0 Å². The second-order valence-corrected chi connectivity index (χ2v) is 9.43. The summed E-state index contributed by atoms with van der Waals surface area (Å²) >= 11 is 0. The third-order valence-corrected chi connectivity index (χ3v) is 7.29. The molecule has 4 aromatic carbocycles. The number of nitrogens with two attached hydrogens (primary N) is 1. The molecule has 0 radical (unpaired) electrons. The Kier molecular flexibility index (Phi) is 5.57. The first-order valence-corrected chi connectivity index (χ1v) is 12.3. The highest BCUT2D eigenvalue weighted by atomic mass is 16.5. The van der Waals surface area contributed by atoms with Gasteiger partial charge in [-0.2, -0.15) is 0 Å². The van der Waals surface area contributed by atoms with Gasteiger partial charge in [0.25, 0.3) is 5.56 Å². The molecule has 2 aromatic heterocycles. The second-order valence-electron chi connectivity index (χ2n) is 9.43. The van der Waals surface area contributed by atoms with Crippen molar-refractivity contribution >= 4 is 38.7 Å². The van der Waals surface area contributed by atoms with Gasteiger partial charge in [-0.05, 0) is 29.8 Å². The van der Waals surface area contributed by atoms with Gasteiger partial charge in [-0.25, -0.2) is 14.8 Å². The fourth-order valence-corrected chi connectivity index (χ4v) is 5.23. The lowest BCUT2D eigenvalue weighted by Crippen LogP contribution is -2.41. The van der Waals surface area contributed by atoms with Crippen LogP contribution in [0.2, 0.25) is 0 Å². The SMILES string of the molecule is COc1ccc(C(c2c(N)n(C)c(=O)n(C)c2=O)c2c(O)c3ccccc3c3nc4ccccc4nc23)cc1. The average Bonchev–Trinajstić information content (AvgIpc) is 2.97. The molecular formula is C30H25N5O4. The lowest BCUT2D eigenvalue weighted by molar-refractivity contribution is 0.414. The van der Waals surface area contributed by atoms with Gasteiger partial charge in [-0.3, -0.25) is 13.9 Å². The van der Waals surface area contributed by atoms with Gasteiger partial charge in [0, 0.05) is 36.3 Å². The number of nitrogen functional groups attached to an aromatic ring is 1. The number of phenolic OH excluding ortho intramolecular Hbond substituents is 1. The van der Waals surface area contributed by atoms with Crippen LogP contribution >= 0.6 is 0 Å². The van der Waals surface area contributed by atoms with Crippen molar-refractivity contribution in [3.05, 3.63) is 110 Å². The van der Waals surface area contributed by atoms with E-state index in [-0.39, 0.29) is 17.1 Å². The molecule has 0 saturated heterocycles. The third-order valence-electron chi connectivity index (χ3n) is 7.29. The molecule has 0 bridgehead atoms. The minimum atomic E-state index is -0.885. The molecule has 6 rings (SSSR count). The average molecular weight is 520 g/mol. The topological polar surface area (TPSA) is 125 Å². The Hall–Kier alpha value is -5.18. The maximum Gasteiger partial charge on any atom is 0.332 e. The summed E-state index contributed by atoms with van der Waals surface area (Å²) in [7, 11) is 4.48. The number of ether oxygens (including phenoxy) is 1. The molecule has 194 valence electrons. The smallest absolute Gasteiger partial charge is 0.332 e. The summed E-state index contributed by atoms with van der Waals surface area (Å²) in [5.74, 6) is -0.307. The zero-order valence-electron chi connectivity index (χ0n) is 21.5. The molecule has 0 aliphatic rings. The summed E-state index contributed by atoms with van der Waals surface area (Å²) in [6.07, 6.45) is 0. The second kappa shape index (κ2) is 8.98.